The number of nitrogens with one attached hydrogen (secondary N) is 1. The molecule has 0 aromatic heterocycles. The largest absolute Gasteiger partial charge is 0.492 e. The van der Waals surface area contributed by atoms with Crippen molar-refractivity contribution >= 4 is 0 Å². The summed E-state index contributed by atoms with van der Waals surface area (Å²) in [4.78, 5) is 0. The van der Waals surface area contributed by atoms with Gasteiger partial charge in [0, 0.05) is 12.1 Å². The molecule has 2 heteroatoms. The Bertz CT molecular complexity index is 320. The molecular formula is C16H27NO. The van der Waals surface area contributed by atoms with Crippen LogP contribution in [0.2, 0.25) is 0 Å². The van der Waals surface area contributed by atoms with E-state index in [1.165, 1.54) is 24.8 Å². The second-order valence-electron chi connectivity index (χ2n) is 5.09. The molecule has 0 spiro atoms. The molecule has 0 radical (unpaired) electrons. The molecule has 0 aliphatic rings. The van der Waals surface area contributed by atoms with Crippen LogP contribution in [0, 0.1) is 6.92 Å². The summed E-state index contributed by atoms with van der Waals surface area (Å²) in [5.41, 5.74) is 1.27. The predicted molar refractivity (Wildman–Crippen MR) is 78.3 cm³/mol. The summed E-state index contributed by atoms with van der Waals surface area (Å²) in [6, 6.07) is 9.24. The van der Waals surface area contributed by atoms with Gasteiger partial charge in [-0.05, 0) is 38.8 Å². The first-order valence-electron chi connectivity index (χ1n) is 7.11. The van der Waals surface area contributed by atoms with Crippen molar-refractivity contribution in [3.63, 3.8) is 0 Å². The topological polar surface area (TPSA) is 21.3 Å². The molecule has 2 unspecified atom stereocenters. The minimum Gasteiger partial charge on any atom is -0.492 e. The Kier molecular flexibility index (Phi) is 6.81. The van der Waals surface area contributed by atoms with Gasteiger partial charge in [0.05, 0.1) is 0 Å². The minimum absolute atomic E-state index is 0.391. The van der Waals surface area contributed by atoms with Crippen LogP contribution in [0.1, 0.15) is 45.6 Å². The molecule has 0 amide bonds. The molecule has 0 fully saturated rings. The average Bonchev–Trinajstić information content (AvgIpc) is 2.37. The fraction of sp³-hybridized carbons (Fsp3) is 0.625. The fourth-order valence-electron chi connectivity index (χ4n) is 2.06. The summed E-state index contributed by atoms with van der Waals surface area (Å²) in [5, 5.41) is 3.62. The summed E-state index contributed by atoms with van der Waals surface area (Å²) in [7, 11) is 0. The van der Waals surface area contributed by atoms with Gasteiger partial charge in [0.2, 0.25) is 0 Å². The number of benzene rings is 1. The Morgan fingerprint density at radius 1 is 1.17 bits per heavy atom. The van der Waals surface area contributed by atoms with Crippen molar-refractivity contribution in [1.82, 2.24) is 5.32 Å². The second-order valence-corrected chi connectivity index (χ2v) is 5.09. The summed E-state index contributed by atoms with van der Waals surface area (Å²) < 4.78 is 5.78. The van der Waals surface area contributed by atoms with Gasteiger partial charge in [0.1, 0.15) is 12.4 Å². The molecule has 0 saturated carbocycles. The molecule has 1 aromatic carbocycles. The van der Waals surface area contributed by atoms with Crippen molar-refractivity contribution in [2.45, 2.75) is 59.0 Å². The quantitative estimate of drug-likeness (QED) is 0.753. The Morgan fingerprint density at radius 3 is 2.39 bits per heavy atom. The number of hydrogen-bond donors (Lipinski definition) is 1. The molecule has 1 rings (SSSR count). The fourth-order valence-corrected chi connectivity index (χ4v) is 2.06. The van der Waals surface area contributed by atoms with Crippen molar-refractivity contribution in [2.24, 2.45) is 0 Å². The highest BCUT2D eigenvalue weighted by Crippen LogP contribution is 2.12. The Balaban J connectivity index is 2.31. The van der Waals surface area contributed by atoms with E-state index in [2.05, 4.69) is 45.1 Å². The van der Waals surface area contributed by atoms with Gasteiger partial charge in [-0.1, -0.05) is 38.0 Å². The van der Waals surface area contributed by atoms with Crippen LogP contribution in [-0.2, 0) is 0 Å². The van der Waals surface area contributed by atoms with E-state index in [0.29, 0.717) is 12.1 Å². The zero-order valence-corrected chi connectivity index (χ0v) is 12.2. The first-order valence-corrected chi connectivity index (χ1v) is 7.11. The molecule has 0 bridgehead atoms. The van der Waals surface area contributed by atoms with Crippen LogP contribution < -0.4 is 10.1 Å². The third kappa shape index (κ3) is 5.54. The van der Waals surface area contributed by atoms with Crippen LogP contribution >= 0.6 is 0 Å². The van der Waals surface area contributed by atoms with E-state index in [-0.39, 0.29) is 0 Å². The van der Waals surface area contributed by atoms with Gasteiger partial charge in [0.15, 0.2) is 0 Å². The summed E-state index contributed by atoms with van der Waals surface area (Å²) >= 11 is 0. The Labute approximate surface area is 112 Å². The van der Waals surface area contributed by atoms with Crippen molar-refractivity contribution in [3.05, 3.63) is 29.8 Å². The van der Waals surface area contributed by atoms with E-state index >= 15 is 0 Å². The summed E-state index contributed by atoms with van der Waals surface area (Å²) in [6.07, 6.45) is 3.66. The molecule has 0 heterocycles. The number of ether oxygens (including phenoxy) is 1. The standard InChI is InChI=1S/C16H27NO/c1-5-7-15(6-2)17-14(4)12-18-16-10-8-13(3)9-11-16/h8-11,14-15,17H,5-7,12H2,1-4H3. The molecule has 2 atom stereocenters. The van der Waals surface area contributed by atoms with Gasteiger partial charge in [-0.25, -0.2) is 0 Å². The first-order chi connectivity index (χ1) is 8.65. The van der Waals surface area contributed by atoms with Crippen molar-refractivity contribution in [2.75, 3.05) is 6.61 Å². The molecule has 0 aliphatic carbocycles. The number of aryl methyl sites for hydroxylation is 1. The highest BCUT2D eigenvalue weighted by Gasteiger charge is 2.09. The SMILES string of the molecule is CCCC(CC)NC(C)COc1ccc(C)cc1. The summed E-state index contributed by atoms with van der Waals surface area (Å²) in [6.45, 7) is 9.47. The van der Waals surface area contributed by atoms with Crippen LogP contribution in [-0.4, -0.2) is 18.7 Å². The highest BCUT2D eigenvalue weighted by atomic mass is 16.5. The van der Waals surface area contributed by atoms with Crippen molar-refractivity contribution < 1.29 is 4.74 Å². The monoisotopic (exact) mass is 249 g/mol. The van der Waals surface area contributed by atoms with E-state index < -0.39 is 0 Å². The van der Waals surface area contributed by atoms with Crippen LogP contribution in [0.25, 0.3) is 0 Å². The molecule has 0 aliphatic heterocycles. The third-order valence-corrected chi connectivity index (χ3v) is 3.17. The lowest BCUT2D eigenvalue weighted by Gasteiger charge is -2.22. The molecule has 2 nitrogen and oxygen atoms in total. The van der Waals surface area contributed by atoms with Crippen LogP contribution in [0.15, 0.2) is 24.3 Å². The minimum atomic E-state index is 0.391. The third-order valence-electron chi connectivity index (χ3n) is 3.17. The van der Waals surface area contributed by atoms with Crippen molar-refractivity contribution in [3.8, 4) is 5.75 Å². The van der Waals surface area contributed by atoms with Crippen molar-refractivity contribution in [1.29, 1.82) is 0 Å². The average molecular weight is 249 g/mol. The smallest absolute Gasteiger partial charge is 0.119 e. The van der Waals surface area contributed by atoms with E-state index in [1.807, 2.05) is 12.1 Å². The van der Waals surface area contributed by atoms with Crippen LogP contribution in [0.4, 0.5) is 0 Å². The Morgan fingerprint density at radius 2 is 1.83 bits per heavy atom. The lowest BCUT2D eigenvalue weighted by atomic mass is 10.1. The van der Waals surface area contributed by atoms with E-state index in [9.17, 15) is 0 Å². The zero-order chi connectivity index (χ0) is 13.4. The van der Waals surface area contributed by atoms with Gasteiger partial charge in [-0.3, -0.25) is 0 Å². The second kappa shape index (κ2) is 8.15. The lowest BCUT2D eigenvalue weighted by molar-refractivity contribution is 0.256. The molecular weight excluding hydrogens is 222 g/mol. The molecule has 18 heavy (non-hydrogen) atoms. The van der Waals surface area contributed by atoms with E-state index in [1.54, 1.807) is 0 Å². The van der Waals surface area contributed by atoms with Crippen LogP contribution in [0.5, 0.6) is 5.75 Å². The zero-order valence-electron chi connectivity index (χ0n) is 12.2. The summed E-state index contributed by atoms with van der Waals surface area (Å²) in [5.74, 6) is 0.956. The first kappa shape index (κ1) is 15.0. The van der Waals surface area contributed by atoms with Crippen LogP contribution in [0.3, 0.4) is 0 Å². The number of hydrogen-bond acceptors (Lipinski definition) is 2. The maximum atomic E-state index is 5.78. The molecule has 0 saturated heterocycles. The predicted octanol–water partition coefficient (Wildman–Crippen LogP) is 3.93. The van der Waals surface area contributed by atoms with Gasteiger partial charge < -0.3 is 10.1 Å². The Hall–Kier alpha value is -1.02. The maximum Gasteiger partial charge on any atom is 0.119 e. The highest BCUT2D eigenvalue weighted by molar-refractivity contribution is 5.26. The van der Waals surface area contributed by atoms with E-state index in [0.717, 1.165) is 12.4 Å². The van der Waals surface area contributed by atoms with Gasteiger partial charge in [0.25, 0.3) is 0 Å². The normalized spacial score (nSPS) is 14.2. The van der Waals surface area contributed by atoms with Gasteiger partial charge in [-0.15, -0.1) is 0 Å². The van der Waals surface area contributed by atoms with Gasteiger partial charge >= 0.3 is 0 Å². The molecule has 1 N–H and O–H groups in total. The lowest BCUT2D eigenvalue weighted by Crippen LogP contribution is -2.39. The van der Waals surface area contributed by atoms with Gasteiger partial charge in [-0.2, -0.15) is 0 Å². The molecule has 102 valence electrons. The van der Waals surface area contributed by atoms with E-state index in [4.69, 9.17) is 4.74 Å². The number of rotatable bonds is 8. The molecule has 1 aromatic rings. The maximum absolute atomic E-state index is 5.78.